The fourth-order valence-corrected chi connectivity index (χ4v) is 7.96. The minimum absolute atomic E-state index is 0.171. The lowest BCUT2D eigenvalue weighted by atomic mass is 9.91. The largest absolute Gasteiger partial charge is 0.370 e. The molecule has 6 rings (SSSR count). The van der Waals surface area contributed by atoms with Crippen LogP contribution in [0.25, 0.3) is 5.69 Å². The number of hydrogen-bond acceptors (Lipinski definition) is 3. The van der Waals surface area contributed by atoms with Crippen molar-refractivity contribution in [2.75, 3.05) is 22.9 Å². The topological polar surface area (TPSA) is 36.3 Å². The van der Waals surface area contributed by atoms with E-state index in [1.54, 1.807) is 6.07 Å². The van der Waals surface area contributed by atoms with Crippen LogP contribution in [0.15, 0.2) is 66.9 Å². The number of rotatable bonds is 5. The number of piperidine rings is 1. The number of nitrogens with zero attached hydrogens (tertiary/aromatic N) is 4. The van der Waals surface area contributed by atoms with Crippen LogP contribution in [-0.4, -0.2) is 27.8 Å². The van der Waals surface area contributed by atoms with Gasteiger partial charge in [-0.3, -0.25) is 4.98 Å². The maximum absolute atomic E-state index is 7.03. The van der Waals surface area contributed by atoms with Crippen LogP contribution in [0, 0.1) is 25.7 Å². The van der Waals surface area contributed by atoms with E-state index in [1.807, 2.05) is 36.5 Å². The second-order valence-corrected chi connectivity index (χ2v) is 13.4. The van der Waals surface area contributed by atoms with Crippen molar-refractivity contribution in [3.05, 3.63) is 105 Å². The Morgan fingerprint density at radius 1 is 0.881 bits per heavy atom. The van der Waals surface area contributed by atoms with Crippen LogP contribution in [0.4, 0.5) is 11.4 Å². The van der Waals surface area contributed by atoms with Gasteiger partial charge in [0.15, 0.2) is 5.11 Å². The molecule has 2 aliphatic rings. The zero-order valence-electron chi connectivity index (χ0n) is 24.1. The molecule has 218 valence electrons. The molecule has 4 aromatic rings. The first-order valence-corrected chi connectivity index (χ1v) is 15.9. The number of halogens is 3. The van der Waals surface area contributed by atoms with Crippen molar-refractivity contribution in [1.82, 2.24) is 14.9 Å². The molecule has 2 fully saturated rings. The summed E-state index contributed by atoms with van der Waals surface area (Å²) in [6.07, 6.45) is 3.07. The van der Waals surface area contributed by atoms with Gasteiger partial charge in [-0.1, -0.05) is 54.7 Å². The standard InChI is InChI=1S/C33H34Cl3N5S/c1-19-13-20(2)18-39(17-19)29-11-9-24(16-27(29)36)41-32(31(38-33(41)42)28-7-5-6-12-37-28)25-14-21(3)40(22(25)4)30-10-8-23(34)15-26(30)35/h5-12,14-16,19-20,31-32H,13,17-18H2,1-4H3,(H,38,42)/t19-,20+,31-,32-/m1/s1. The van der Waals surface area contributed by atoms with E-state index in [4.69, 9.17) is 52.0 Å². The molecule has 4 heterocycles. The number of benzene rings is 2. The van der Waals surface area contributed by atoms with Crippen molar-refractivity contribution in [3.63, 3.8) is 0 Å². The monoisotopic (exact) mass is 637 g/mol. The Morgan fingerprint density at radius 2 is 1.60 bits per heavy atom. The zero-order valence-corrected chi connectivity index (χ0v) is 27.2. The van der Waals surface area contributed by atoms with E-state index in [0.29, 0.717) is 27.0 Å². The Hall–Kier alpha value is -2.77. The molecule has 0 aliphatic carbocycles. The lowest BCUT2D eigenvalue weighted by molar-refractivity contribution is 0.357. The molecular formula is C33H34Cl3N5S. The van der Waals surface area contributed by atoms with Crippen LogP contribution in [0.5, 0.6) is 0 Å². The Morgan fingerprint density at radius 3 is 2.26 bits per heavy atom. The van der Waals surface area contributed by atoms with Crippen LogP contribution in [0.2, 0.25) is 15.1 Å². The third-order valence-corrected chi connectivity index (χ3v) is 9.61. The third-order valence-electron chi connectivity index (χ3n) is 8.46. The Labute approximate surface area is 268 Å². The average molecular weight is 639 g/mol. The lowest BCUT2D eigenvalue weighted by Crippen LogP contribution is -2.38. The van der Waals surface area contributed by atoms with Crippen LogP contribution < -0.4 is 15.1 Å². The van der Waals surface area contributed by atoms with Crippen molar-refractivity contribution >= 4 is 63.5 Å². The van der Waals surface area contributed by atoms with Crippen molar-refractivity contribution in [3.8, 4) is 5.69 Å². The van der Waals surface area contributed by atoms with Crippen LogP contribution in [0.3, 0.4) is 0 Å². The van der Waals surface area contributed by atoms with E-state index in [0.717, 1.165) is 57.8 Å². The maximum Gasteiger partial charge on any atom is 0.174 e. The van der Waals surface area contributed by atoms with E-state index in [2.05, 4.69) is 71.6 Å². The van der Waals surface area contributed by atoms with Gasteiger partial charge in [-0.2, -0.15) is 0 Å². The summed E-state index contributed by atoms with van der Waals surface area (Å²) in [5, 5.41) is 6.14. The number of aryl methyl sites for hydroxylation is 1. The smallest absolute Gasteiger partial charge is 0.174 e. The minimum Gasteiger partial charge on any atom is -0.370 e. The predicted molar refractivity (Wildman–Crippen MR) is 180 cm³/mol. The summed E-state index contributed by atoms with van der Waals surface area (Å²) in [5.74, 6) is 1.26. The first-order chi connectivity index (χ1) is 20.1. The molecule has 2 aromatic heterocycles. The second kappa shape index (κ2) is 11.7. The molecule has 5 nitrogen and oxygen atoms in total. The molecule has 2 aliphatic heterocycles. The predicted octanol–water partition coefficient (Wildman–Crippen LogP) is 9.11. The quantitative estimate of drug-likeness (QED) is 0.221. The summed E-state index contributed by atoms with van der Waals surface area (Å²) < 4.78 is 2.18. The highest BCUT2D eigenvalue weighted by molar-refractivity contribution is 7.80. The molecule has 0 radical (unpaired) electrons. The van der Waals surface area contributed by atoms with E-state index in [1.165, 1.54) is 6.42 Å². The van der Waals surface area contributed by atoms with Crippen molar-refractivity contribution < 1.29 is 0 Å². The highest BCUT2D eigenvalue weighted by atomic mass is 35.5. The molecule has 0 saturated carbocycles. The van der Waals surface area contributed by atoms with Gasteiger partial charge in [0.05, 0.1) is 39.2 Å². The number of nitrogens with one attached hydrogen (secondary N) is 1. The zero-order chi connectivity index (χ0) is 29.7. The SMILES string of the molecule is Cc1cc([C@@H]2[C@@H](c3ccccn3)NC(=S)N2c2ccc(N3C[C@H](C)C[C@H](C)C3)c(Cl)c2)c(C)n1-c1ccc(Cl)cc1Cl. The van der Waals surface area contributed by atoms with Gasteiger partial charge >= 0.3 is 0 Å². The molecule has 9 heteroatoms. The number of anilines is 2. The molecule has 1 N–H and O–H groups in total. The number of thiocarbonyl (C=S) groups is 1. The van der Waals surface area contributed by atoms with Crippen molar-refractivity contribution in [2.24, 2.45) is 11.8 Å². The number of pyridine rings is 1. The van der Waals surface area contributed by atoms with E-state index >= 15 is 0 Å². The summed E-state index contributed by atoms with van der Waals surface area (Å²) >= 11 is 26.0. The molecule has 2 aromatic carbocycles. The summed E-state index contributed by atoms with van der Waals surface area (Å²) in [6, 6.07) is 19.8. The fourth-order valence-electron chi connectivity index (χ4n) is 6.83. The third kappa shape index (κ3) is 5.39. The van der Waals surface area contributed by atoms with Gasteiger partial charge in [-0.05, 0) is 104 Å². The summed E-state index contributed by atoms with van der Waals surface area (Å²) in [6.45, 7) is 10.9. The molecule has 2 saturated heterocycles. The van der Waals surface area contributed by atoms with Gasteiger partial charge in [-0.25, -0.2) is 0 Å². The Kier molecular flexibility index (Phi) is 8.18. The van der Waals surface area contributed by atoms with Gasteiger partial charge in [0, 0.05) is 41.4 Å². The van der Waals surface area contributed by atoms with Crippen LogP contribution >= 0.6 is 47.0 Å². The molecule has 4 atom stereocenters. The van der Waals surface area contributed by atoms with Crippen molar-refractivity contribution in [1.29, 1.82) is 0 Å². The molecule has 42 heavy (non-hydrogen) atoms. The normalized spacial score (nSPS) is 22.5. The van der Waals surface area contributed by atoms with Gasteiger partial charge in [0.25, 0.3) is 0 Å². The number of hydrogen-bond donors (Lipinski definition) is 1. The lowest BCUT2D eigenvalue weighted by Gasteiger charge is -2.37. The molecule has 0 spiro atoms. The van der Waals surface area contributed by atoms with Crippen LogP contribution in [0.1, 0.15) is 55.0 Å². The summed E-state index contributed by atoms with van der Waals surface area (Å²) in [4.78, 5) is 9.32. The maximum atomic E-state index is 7.03. The molecule has 0 bridgehead atoms. The Bertz CT molecular complexity index is 1630. The molecular weight excluding hydrogens is 605 g/mol. The first kappa shape index (κ1) is 29.3. The minimum atomic E-state index is -0.171. The van der Waals surface area contributed by atoms with Gasteiger partial charge < -0.3 is 19.7 Å². The Balaban J connectivity index is 1.45. The summed E-state index contributed by atoms with van der Waals surface area (Å²) in [7, 11) is 0. The average Bonchev–Trinajstić information content (AvgIpc) is 3.43. The van der Waals surface area contributed by atoms with Gasteiger partial charge in [0.2, 0.25) is 0 Å². The van der Waals surface area contributed by atoms with E-state index in [-0.39, 0.29) is 12.1 Å². The molecule has 0 amide bonds. The van der Waals surface area contributed by atoms with Gasteiger partial charge in [-0.15, -0.1) is 0 Å². The number of aromatic nitrogens is 2. The van der Waals surface area contributed by atoms with Crippen molar-refractivity contribution in [2.45, 2.75) is 46.2 Å². The summed E-state index contributed by atoms with van der Waals surface area (Å²) in [5.41, 5.74) is 7.07. The first-order valence-electron chi connectivity index (χ1n) is 14.3. The highest BCUT2D eigenvalue weighted by Crippen LogP contribution is 2.45. The molecule has 0 unspecified atom stereocenters. The second-order valence-electron chi connectivity index (χ2n) is 11.7. The van der Waals surface area contributed by atoms with Gasteiger partial charge in [0.1, 0.15) is 0 Å². The van der Waals surface area contributed by atoms with E-state index < -0.39 is 0 Å². The fraction of sp³-hybridized carbons (Fsp3) is 0.333. The van der Waals surface area contributed by atoms with Crippen LogP contribution in [-0.2, 0) is 0 Å². The van der Waals surface area contributed by atoms with E-state index in [9.17, 15) is 0 Å². The highest BCUT2D eigenvalue weighted by Gasteiger charge is 2.42.